The number of carbonyl (C=O) groups excluding carboxylic acids is 1. The summed E-state index contributed by atoms with van der Waals surface area (Å²) in [6.07, 6.45) is 6.03. The van der Waals surface area contributed by atoms with Gasteiger partial charge in [-0.05, 0) is 19.3 Å². The molecule has 1 aromatic rings. The summed E-state index contributed by atoms with van der Waals surface area (Å²) in [6, 6.07) is 0. The molecule has 0 aromatic carbocycles. The van der Waals surface area contributed by atoms with Gasteiger partial charge in [0.15, 0.2) is 5.69 Å². The zero-order chi connectivity index (χ0) is 14.6. The predicted octanol–water partition coefficient (Wildman–Crippen LogP) is 2.25. The summed E-state index contributed by atoms with van der Waals surface area (Å²) in [4.78, 5) is 26.9. The summed E-state index contributed by atoms with van der Waals surface area (Å²) in [5.41, 5.74) is -0.185. The normalized spacial score (nSPS) is 16.2. The molecule has 1 aromatic heterocycles. The molecule has 0 atom stereocenters. The van der Waals surface area contributed by atoms with Crippen LogP contribution in [-0.2, 0) is 11.2 Å². The molecule has 0 unspecified atom stereocenters. The van der Waals surface area contributed by atoms with E-state index >= 15 is 0 Å². The zero-order valence-electron chi connectivity index (χ0n) is 11.2. The first-order chi connectivity index (χ1) is 9.57. The van der Waals surface area contributed by atoms with E-state index < -0.39 is 5.97 Å². The second-order valence-corrected chi connectivity index (χ2v) is 6.01. The molecule has 5 nitrogen and oxygen atoms in total. The Morgan fingerprint density at radius 3 is 2.80 bits per heavy atom. The summed E-state index contributed by atoms with van der Waals surface area (Å²) < 4.78 is 0. The molecule has 1 heterocycles. The Morgan fingerprint density at radius 1 is 1.55 bits per heavy atom. The fourth-order valence-electron chi connectivity index (χ4n) is 2.40. The molecule has 0 radical (unpaired) electrons. The van der Waals surface area contributed by atoms with Crippen LogP contribution in [0.1, 0.15) is 41.2 Å². The van der Waals surface area contributed by atoms with Crippen LogP contribution in [0.25, 0.3) is 0 Å². The van der Waals surface area contributed by atoms with Crippen molar-refractivity contribution in [1.82, 2.24) is 10.3 Å². The van der Waals surface area contributed by atoms with Crippen LogP contribution in [0, 0.1) is 5.41 Å². The first kappa shape index (κ1) is 14.7. The van der Waals surface area contributed by atoms with E-state index in [-0.39, 0.29) is 17.0 Å². The molecule has 1 fully saturated rings. The molecule has 0 bridgehead atoms. The van der Waals surface area contributed by atoms with Gasteiger partial charge in [0.2, 0.25) is 5.91 Å². The van der Waals surface area contributed by atoms with E-state index in [0.29, 0.717) is 13.0 Å². The lowest BCUT2D eigenvalue weighted by atomic mass is 9.66. The highest BCUT2D eigenvalue weighted by atomic mass is 32.1. The molecule has 0 aliphatic heterocycles. The number of hydrogen-bond donors (Lipinski definition) is 2. The van der Waals surface area contributed by atoms with E-state index in [1.807, 2.05) is 0 Å². The number of nitrogens with zero attached hydrogens (tertiary/aromatic N) is 1. The van der Waals surface area contributed by atoms with Gasteiger partial charge in [-0.15, -0.1) is 17.9 Å². The molecule has 20 heavy (non-hydrogen) atoms. The Kier molecular flexibility index (Phi) is 4.54. The van der Waals surface area contributed by atoms with Gasteiger partial charge in [0, 0.05) is 18.3 Å². The summed E-state index contributed by atoms with van der Waals surface area (Å²) in [7, 11) is 0. The van der Waals surface area contributed by atoms with Gasteiger partial charge >= 0.3 is 5.97 Å². The number of carboxylic acids is 1. The minimum atomic E-state index is -1.02. The largest absolute Gasteiger partial charge is 0.476 e. The summed E-state index contributed by atoms with van der Waals surface area (Å²) in [5.74, 6) is -0.936. The van der Waals surface area contributed by atoms with E-state index in [0.717, 1.165) is 30.7 Å². The number of carbonyl (C=O) groups is 2. The summed E-state index contributed by atoms with van der Waals surface area (Å²) in [5, 5.41) is 14.0. The highest BCUT2D eigenvalue weighted by molar-refractivity contribution is 7.09. The number of amides is 1. The van der Waals surface area contributed by atoms with Crippen molar-refractivity contribution in [1.29, 1.82) is 0 Å². The van der Waals surface area contributed by atoms with Gasteiger partial charge in [-0.2, -0.15) is 0 Å². The van der Waals surface area contributed by atoms with Crippen molar-refractivity contribution >= 4 is 23.2 Å². The topological polar surface area (TPSA) is 79.3 Å². The quantitative estimate of drug-likeness (QED) is 0.756. The van der Waals surface area contributed by atoms with Crippen molar-refractivity contribution in [2.75, 3.05) is 6.54 Å². The smallest absolute Gasteiger partial charge is 0.355 e. The highest BCUT2D eigenvalue weighted by Crippen LogP contribution is 2.44. The second kappa shape index (κ2) is 6.17. The predicted molar refractivity (Wildman–Crippen MR) is 76.9 cm³/mol. The number of nitrogens with one attached hydrogen (secondary N) is 1. The van der Waals surface area contributed by atoms with Gasteiger partial charge in [-0.1, -0.05) is 12.5 Å². The number of carboxylic acid groups (broad SMARTS) is 1. The van der Waals surface area contributed by atoms with Crippen LogP contribution in [0.3, 0.4) is 0 Å². The van der Waals surface area contributed by atoms with Crippen LogP contribution in [0.4, 0.5) is 0 Å². The molecule has 6 heteroatoms. The minimum Gasteiger partial charge on any atom is -0.476 e. The third kappa shape index (κ3) is 3.07. The van der Waals surface area contributed by atoms with Crippen LogP contribution in [0.2, 0.25) is 0 Å². The molecule has 108 valence electrons. The average molecular weight is 294 g/mol. The third-order valence-electron chi connectivity index (χ3n) is 3.72. The molecule has 0 saturated heterocycles. The number of hydrogen-bond acceptors (Lipinski definition) is 4. The van der Waals surface area contributed by atoms with Crippen molar-refractivity contribution in [3.05, 3.63) is 28.7 Å². The monoisotopic (exact) mass is 294 g/mol. The van der Waals surface area contributed by atoms with Crippen molar-refractivity contribution in [3.63, 3.8) is 0 Å². The number of thiazole rings is 1. The first-order valence-electron chi connectivity index (χ1n) is 6.64. The van der Waals surface area contributed by atoms with Gasteiger partial charge in [-0.25, -0.2) is 9.78 Å². The molecule has 2 N–H and O–H groups in total. The molecule has 1 aliphatic rings. The fraction of sp³-hybridized carbons (Fsp3) is 0.500. The lowest BCUT2D eigenvalue weighted by Gasteiger charge is -2.39. The Hall–Kier alpha value is -1.69. The van der Waals surface area contributed by atoms with E-state index in [1.54, 1.807) is 6.08 Å². The van der Waals surface area contributed by atoms with Gasteiger partial charge in [0.25, 0.3) is 0 Å². The summed E-state index contributed by atoms with van der Waals surface area (Å²) >= 11 is 1.31. The Morgan fingerprint density at radius 2 is 2.30 bits per heavy atom. The first-order valence-corrected chi connectivity index (χ1v) is 7.52. The van der Waals surface area contributed by atoms with Gasteiger partial charge < -0.3 is 10.4 Å². The van der Waals surface area contributed by atoms with Crippen molar-refractivity contribution in [2.45, 2.75) is 32.1 Å². The Bertz CT molecular complexity index is 520. The average Bonchev–Trinajstić information content (AvgIpc) is 2.82. The molecule has 1 amide bonds. The maximum absolute atomic E-state index is 12.2. The molecule has 1 saturated carbocycles. The Labute approximate surface area is 121 Å². The molecule has 1 aliphatic carbocycles. The molecule has 2 rings (SSSR count). The third-order valence-corrected chi connectivity index (χ3v) is 4.63. The van der Waals surface area contributed by atoms with Crippen molar-refractivity contribution < 1.29 is 14.7 Å². The van der Waals surface area contributed by atoms with Crippen LogP contribution < -0.4 is 5.32 Å². The second-order valence-electron chi connectivity index (χ2n) is 5.06. The van der Waals surface area contributed by atoms with E-state index in [9.17, 15) is 9.59 Å². The zero-order valence-corrected chi connectivity index (χ0v) is 12.0. The van der Waals surface area contributed by atoms with Crippen molar-refractivity contribution in [2.24, 2.45) is 5.41 Å². The fourth-order valence-corrected chi connectivity index (χ4v) is 3.17. The van der Waals surface area contributed by atoms with Crippen LogP contribution in [0.15, 0.2) is 18.0 Å². The number of rotatable bonds is 7. The minimum absolute atomic E-state index is 0.0680. The van der Waals surface area contributed by atoms with E-state index in [2.05, 4.69) is 16.9 Å². The van der Waals surface area contributed by atoms with E-state index in [1.165, 1.54) is 16.7 Å². The number of aromatic nitrogens is 1. The molecule has 0 spiro atoms. The van der Waals surface area contributed by atoms with Crippen LogP contribution in [-0.4, -0.2) is 28.5 Å². The molecular formula is C14H18N2O3S. The van der Waals surface area contributed by atoms with E-state index in [4.69, 9.17) is 5.11 Å². The van der Waals surface area contributed by atoms with Gasteiger partial charge in [-0.3, -0.25) is 4.79 Å². The van der Waals surface area contributed by atoms with Gasteiger partial charge in [0.1, 0.15) is 0 Å². The van der Waals surface area contributed by atoms with Gasteiger partial charge in [0.05, 0.1) is 10.4 Å². The van der Waals surface area contributed by atoms with Crippen LogP contribution >= 0.6 is 11.3 Å². The lowest BCUT2D eigenvalue weighted by molar-refractivity contribution is -0.135. The summed E-state index contributed by atoms with van der Waals surface area (Å²) in [6.45, 7) is 4.20. The number of allylic oxidation sites excluding steroid dienone is 1. The van der Waals surface area contributed by atoms with Crippen molar-refractivity contribution in [3.8, 4) is 0 Å². The standard InChI is InChI=1S/C14H18N2O3S/c1-2-5-14(6-3-7-14)13(19)15-8-4-11-16-10(9-20-11)12(17)18/h2,9H,1,3-8H2,(H,15,19)(H,17,18). The SMILES string of the molecule is C=CCC1(C(=O)NCCc2nc(C(=O)O)cs2)CCC1. The lowest BCUT2D eigenvalue weighted by Crippen LogP contribution is -2.45. The maximum Gasteiger partial charge on any atom is 0.355 e. The maximum atomic E-state index is 12.2. The molecular weight excluding hydrogens is 276 g/mol. The Balaban J connectivity index is 1.81. The number of aromatic carboxylic acids is 1. The highest BCUT2D eigenvalue weighted by Gasteiger charge is 2.42. The van der Waals surface area contributed by atoms with Crippen LogP contribution in [0.5, 0.6) is 0 Å².